The molecule has 0 N–H and O–H groups in total. The first-order valence-corrected chi connectivity index (χ1v) is 8.41. The van der Waals surface area contributed by atoms with Crippen LogP contribution in [0.25, 0.3) is 0 Å². The van der Waals surface area contributed by atoms with Crippen LogP contribution >= 0.6 is 38.9 Å². The van der Waals surface area contributed by atoms with E-state index in [1.807, 2.05) is 14.0 Å². The van der Waals surface area contributed by atoms with Crippen LogP contribution in [0, 0.1) is 6.92 Å². The molecule has 0 atom stereocenters. The molecule has 6 heteroatoms. The van der Waals surface area contributed by atoms with E-state index in [9.17, 15) is 0 Å². The molecule has 0 saturated carbocycles. The Balaban J connectivity index is 2.30. The third-order valence-corrected chi connectivity index (χ3v) is 4.92. The van der Waals surface area contributed by atoms with Gasteiger partial charge in [0.25, 0.3) is 0 Å². The van der Waals surface area contributed by atoms with E-state index in [-0.39, 0.29) is 5.92 Å². The first-order chi connectivity index (χ1) is 9.38. The third-order valence-electron chi connectivity index (χ3n) is 3.00. The second-order valence-electron chi connectivity index (χ2n) is 5.09. The minimum Gasteiger partial charge on any atom is -0.355 e. The van der Waals surface area contributed by atoms with Crippen molar-refractivity contribution in [3.8, 4) is 0 Å². The van der Waals surface area contributed by atoms with Crippen LogP contribution in [0.3, 0.4) is 0 Å². The quantitative estimate of drug-likeness (QED) is 0.703. The minimum absolute atomic E-state index is 0.260. The summed E-state index contributed by atoms with van der Waals surface area (Å²) in [5, 5.41) is 2.68. The van der Waals surface area contributed by atoms with E-state index in [4.69, 9.17) is 11.6 Å². The summed E-state index contributed by atoms with van der Waals surface area (Å²) in [4.78, 5) is 11.1. The van der Waals surface area contributed by atoms with Gasteiger partial charge in [0.15, 0.2) is 0 Å². The second kappa shape index (κ2) is 6.41. The molecule has 0 unspecified atom stereocenters. The van der Waals surface area contributed by atoms with Crippen LogP contribution in [-0.2, 0) is 6.54 Å². The summed E-state index contributed by atoms with van der Waals surface area (Å²) in [6.45, 7) is 6.90. The van der Waals surface area contributed by atoms with Crippen molar-refractivity contribution in [2.24, 2.45) is 0 Å². The highest BCUT2D eigenvalue weighted by Gasteiger charge is 2.15. The van der Waals surface area contributed by atoms with E-state index in [1.54, 1.807) is 11.3 Å². The van der Waals surface area contributed by atoms with Crippen molar-refractivity contribution < 1.29 is 0 Å². The molecule has 0 fully saturated rings. The summed E-state index contributed by atoms with van der Waals surface area (Å²) in [5.74, 6) is 1.94. The van der Waals surface area contributed by atoms with Gasteiger partial charge in [-0.2, -0.15) is 0 Å². The highest BCUT2D eigenvalue weighted by atomic mass is 79.9. The Hall–Kier alpha value is -0.650. The molecule has 0 aliphatic carbocycles. The van der Waals surface area contributed by atoms with Crippen LogP contribution in [0.4, 0.5) is 5.82 Å². The van der Waals surface area contributed by atoms with E-state index >= 15 is 0 Å². The van der Waals surface area contributed by atoms with Gasteiger partial charge in [0.2, 0.25) is 0 Å². The van der Waals surface area contributed by atoms with Gasteiger partial charge in [0.05, 0.1) is 3.79 Å². The number of rotatable bonds is 4. The molecule has 2 aromatic heterocycles. The Labute approximate surface area is 137 Å². The van der Waals surface area contributed by atoms with Gasteiger partial charge in [0.1, 0.15) is 16.8 Å². The van der Waals surface area contributed by atoms with Crippen molar-refractivity contribution in [3.05, 3.63) is 37.3 Å². The van der Waals surface area contributed by atoms with Crippen LogP contribution in [0.2, 0.25) is 5.15 Å². The van der Waals surface area contributed by atoms with E-state index in [1.165, 1.54) is 5.56 Å². The Kier molecular flexibility index (Phi) is 5.04. The summed E-state index contributed by atoms with van der Waals surface area (Å²) in [5.41, 5.74) is 2.18. The number of hydrogen-bond acceptors (Lipinski definition) is 4. The van der Waals surface area contributed by atoms with E-state index in [2.05, 4.69) is 56.1 Å². The van der Waals surface area contributed by atoms with Crippen molar-refractivity contribution in [3.63, 3.8) is 0 Å². The summed E-state index contributed by atoms with van der Waals surface area (Å²) in [7, 11) is 2.03. The maximum atomic E-state index is 6.23. The van der Waals surface area contributed by atoms with Gasteiger partial charge in [-0.25, -0.2) is 9.97 Å². The van der Waals surface area contributed by atoms with Gasteiger partial charge in [-0.1, -0.05) is 25.4 Å². The molecule has 3 nitrogen and oxygen atoms in total. The molecule has 2 aromatic rings. The van der Waals surface area contributed by atoms with Gasteiger partial charge in [-0.15, -0.1) is 11.3 Å². The lowest BCUT2D eigenvalue weighted by Gasteiger charge is -2.21. The Morgan fingerprint density at radius 1 is 1.40 bits per heavy atom. The van der Waals surface area contributed by atoms with E-state index < -0.39 is 0 Å². The summed E-state index contributed by atoms with van der Waals surface area (Å²) >= 11 is 11.4. The number of thiophene rings is 1. The molecule has 0 saturated heterocycles. The average molecular weight is 375 g/mol. The number of nitrogens with zero attached hydrogens (tertiary/aromatic N) is 3. The molecule has 20 heavy (non-hydrogen) atoms. The molecule has 2 rings (SSSR count). The zero-order chi connectivity index (χ0) is 14.9. The topological polar surface area (TPSA) is 29.0 Å². The Bertz CT molecular complexity index is 612. The number of anilines is 1. The van der Waals surface area contributed by atoms with Crippen molar-refractivity contribution >= 4 is 44.7 Å². The van der Waals surface area contributed by atoms with E-state index in [0.29, 0.717) is 5.15 Å². The molecule has 0 radical (unpaired) electrons. The Morgan fingerprint density at radius 2 is 2.10 bits per heavy atom. The Morgan fingerprint density at radius 3 is 2.65 bits per heavy atom. The minimum atomic E-state index is 0.260. The molecule has 0 aromatic carbocycles. The predicted molar refractivity (Wildman–Crippen MR) is 90.0 cm³/mol. The SMILES string of the molecule is Cc1c(Cl)nc(C(C)C)nc1N(C)Cc1csc(Br)c1. The normalized spacial score (nSPS) is 11.2. The molecule has 108 valence electrons. The van der Waals surface area contributed by atoms with Crippen LogP contribution in [0.1, 0.15) is 36.7 Å². The van der Waals surface area contributed by atoms with Crippen LogP contribution in [-0.4, -0.2) is 17.0 Å². The van der Waals surface area contributed by atoms with Gasteiger partial charge in [-0.3, -0.25) is 0 Å². The smallest absolute Gasteiger partial charge is 0.137 e. The van der Waals surface area contributed by atoms with Gasteiger partial charge >= 0.3 is 0 Å². The van der Waals surface area contributed by atoms with Crippen molar-refractivity contribution in [1.29, 1.82) is 0 Å². The average Bonchev–Trinajstić information content (AvgIpc) is 2.77. The number of aromatic nitrogens is 2. The summed E-state index contributed by atoms with van der Waals surface area (Å²) in [6.07, 6.45) is 0. The third kappa shape index (κ3) is 3.51. The van der Waals surface area contributed by atoms with Crippen LogP contribution in [0.5, 0.6) is 0 Å². The molecule has 0 amide bonds. The molecule has 0 spiro atoms. The zero-order valence-electron chi connectivity index (χ0n) is 11.9. The lowest BCUT2D eigenvalue weighted by Crippen LogP contribution is -2.20. The summed E-state index contributed by atoms with van der Waals surface area (Å²) in [6, 6.07) is 2.13. The number of halogens is 2. The molecule has 0 bridgehead atoms. The van der Waals surface area contributed by atoms with Crippen LogP contribution in [0.15, 0.2) is 15.2 Å². The van der Waals surface area contributed by atoms with Crippen molar-refractivity contribution in [2.75, 3.05) is 11.9 Å². The van der Waals surface area contributed by atoms with Crippen molar-refractivity contribution in [1.82, 2.24) is 9.97 Å². The maximum absolute atomic E-state index is 6.23. The molecule has 0 aliphatic rings. The highest BCUT2D eigenvalue weighted by molar-refractivity contribution is 9.11. The standard InChI is InChI=1S/C14H17BrClN3S/c1-8(2)13-17-12(16)9(3)14(18-13)19(4)6-10-5-11(15)20-7-10/h5,7-8H,6H2,1-4H3. The summed E-state index contributed by atoms with van der Waals surface area (Å²) < 4.78 is 1.14. The van der Waals surface area contributed by atoms with Gasteiger partial charge in [0, 0.05) is 25.1 Å². The molecule has 2 heterocycles. The predicted octanol–water partition coefficient (Wildman–Crippen LogP) is 5.02. The van der Waals surface area contributed by atoms with E-state index in [0.717, 1.165) is 27.5 Å². The first-order valence-electron chi connectivity index (χ1n) is 6.36. The van der Waals surface area contributed by atoms with Gasteiger partial charge in [-0.05, 0) is 39.9 Å². The van der Waals surface area contributed by atoms with Gasteiger partial charge < -0.3 is 4.90 Å². The lowest BCUT2D eigenvalue weighted by atomic mass is 10.2. The van der Waals surface area contributed by atoms with Crippen LogP contribution < -0.4 is 4.90 Å². The fourth-order valence-electron chi connectivity index (χ4n) is 1.90. The highest BCUT2D eigenvalue weighted by Crippen LogP contribution is 2.27. The zero-order valence-corrected chi connectivity index (χ0v) is 15.1. The molecular formula is C14H17BrClN3S. The second-order valence-corrected chi connectivity index (χ2v) is 7.74. The lowest BCUT2D eigenvalue weighted by molar-refractivity contribution is 0.758. The number of hydrogen-bond donors (Lipinski definition) is 0. The largest absolute Gasteiger partial charge is 0.355 e. The maximum Gasteiger partial charge on any atom is 0.137 e. The fourth-order valence-corrected chi connectivity index (χ4v) is 3.27. The monoisotopic (exact) mass is 373 g/mol. The molecule has 0 aliphatic heterocycles. The first kappa shape index (κ1) is 15.7. The fraction of sp³-hybridized carbons (Fsp3) is 0.429. The molecular weight excluding hydrogens is 358 g/mol. The van der Waals surface area contributed by atoms with Crippen molar-refractivity contribution in [2.45, 2.75) is 33.2 Å².